The molecular formula is C20H18N2O2S. The third kappa shape index (κ3) is 2.91. The number of benzene rings is 2. The first-order valence-corrected chi connectivity index (χ1v) is 9.08. The van der Waals surface area contributed by atoms with Gasteiger partial charge in [0.2, 0.25) is 0 Å². The Hall–Kier alpha value is -2.66. The van der Waals surface area contributed by atoms with Crippen LogP contribution in [-0.2, 0) is 5.41 Å². The molecule has 1 aliphatic rings. The average molecular weight is 350 g/mol. The van der Waals surface area contributed by atoms with E-state index >= 15 is 0 Å². The predicted molar refractivity (Wildman–Crippen MR) is 102 cm³/mol. The fraction of sp³-hybridized carbons (Fsp3) is 0.150. The molecule has 25 heavy (non-hydrogen) atoms. The number of phenolic OH excluding ortho intramolecular Hbond substituents is 2. The molecular weight excluding hydrogens is 332 g/mol. The topological polar surface area (TPSA) is 69.1 Å². The van der Waals surface area contributed by atoms with E-state index in [1.54, 1.807) is 30.0 Å². The molecule has 0 bridgehead atoms. The molecule has 0 amide bonds. The van der Waals surface area contributed by atoms with E-state index in [0.29, 0.717) is 5.56 Å². The lowest BCUT2D eigenvalue weighted by molar-refractivity contribution is 0.475. The van der Waals surface area contributed by atoms with Crippen LogP contribution < -0.4 is 0 Å². The van der Waals surface area contributed by atoms with Crippen molar-refractivity contribution in [1.82, 2.24) is 10.2 Å². The van der Waals surface area contributed by atoms with Crippen LogP contribution in [0.25, 0.3) is 22.4 Å². The summed E-state index contributed by atoms with van der Waals surface area (Å²) in [4.78, 5) is 0. The zero-order valence-electron chi connectivity index (χ0n) is 13.7. The summed E-state index contributed by atoms with van der Waals surface area (Å²) >= 11 is 1.79. The minimum atomic E-state index is -0.0555. The maximum Gasteiger partial charge on any atom is 0.125 e. The van der Waals surface area contributed by atoms with Crippen LogP contribution in [0.2, 0.25) is 0 Å². The molecule has 0 radical (unpaired) electrons. The van der Waals surface area contributed by atoms with Crippen LogP contribution in [-0.4, -0.2) is 26.2 Å². The van der Waals surface area contributed by atoms with Gasteiger partial charge in [-0.25, -0.2) is 0 Å². The molecule has 126 valence electrons. The molecule has 2 heterocycles. The first-order chi connectivity index (χ1) is 12.0. The van der Waals surface area contributed by atoms with Gasteiger partial charge in [-0.3, -0.25) is 5.10 Å². The van der Waals surface area contributed by atoms with Crippen LogP contribution in [0.1, 0.15) is 12.6 Å². The van der Waals surface area contributed by atoms with Crippen molar-refractivity contribution in [2.24, 2.45) is 0 Å². The highest BCUT2D eigenvalue weighted by Crippen LogP contribution is 2.38. The summed E-state index contributed by atoms with van der Waals surface area (Å²) in [6.45, 7) is 2.17. The van der Waals surface area contributed by atoms with Crippen LogP contribution in [0.15, 0.2) is 60.0 Å². The molecule has 0 aliphatic carbocycles. The van der Waals surface area contributed by atoms with E-state index in [-0.39, 0.29) is 16.9 Å². The number of rotatable bonds is 3. The van der Waals surface area contributed by atoms with Crippen LogP contribution in [0.5, 0.6) is 11.5 Å². The summed E-state index contributed by atoms with van der Waals surface area (Å²) in [7, 11) is 0. The van der Waals surface area contributed by atoms with Gasteiger partial charge in [-0.05, 0) is 53.8 Å². The van der Waals surface area contributed by atoms with Crippen molar-refractivity contribution in [2.75, 3.05) is 5.75 Å². The molecule has 1 unspecified atom stereocenters. The Morgan fingerprint density at radius 3 is 2.52 bits per heavy atom. The van der Waals surface area contributed by atoms with E-state index in [2.05, 4.69) is 28.6 Å². The fourth-order valence-electron chi connectivity index (χ4n) is 2.96. The molecule has 1 aromatic heterocycles. The van der Waals surface area contributed by atoms with Crippen molar-refractivity contribution < 1.29 is 10.2 Å². The minimum absolute atomic E-state index is 0.0555. The van der Waals surface area contributed by atoms with Gasteiger partial charge in [0.15, 0.2) is 0 Å². The molecule has 0 spiro atoms. The van der Waals surface area contributed by atoms with E-state index in [4.69, 9.17) is 0 Å². The molecule has 4 rings (SSSR count). The van der Waals surface area contributed by atoms with Gasteiger partial charge in [0.1, 0.15) is 11.5 Å². The molecule has 2 aromatic carbocycles. The third-order valence-corrected chi connectivity index (χ3v) is 5.68. The smallest absolute Gasteiger partial charge is 0.125 e. The molecule has 3 aromatic rings. The number of aromatic hydroxyl groups is 2. The van der Waals surface area contributed by atoms with Crippen molar-refractivity contribution >= 4 is 11.8 Å². The first kappa shape index (κ1) is 15.8. The molecule has 3 N–H and O–H groups in total. The molecule has 1 aliphatic heterocycles. The Morgan fingerprint density at radius 1 is 1.04 bits per heavy atom. The van der Waals surface area contributed by atoms with Gasteiger partial charge in [0.05, 0.1) is 5.69 Å². The Bertz CT molecular complexity index is 947. The second-order valence-electron chi connectivity index (χ2n) is 6.48. The van der Waals surface area contributed by atoms with E-state index in [9.17, 15) is 10.2 Å². The highest BCUT2D eigenvalue weighted by atomic mass is 32.2. The standard InChI is InChI=1S/C20H18N2O2S/c1-20(8-9-25-12-20)19-11-17(21-22-19)16-10-14(4-7-18(16)24)13-2-5-15(23)6-3-13/h2-11,23-24H,12H2,1H3,(H,21,22). The molecule has 0 fully saturated rings. The zero-order valence-corrected chi connectivity index (χ0v) is 14.5. The van der Waals surface area contributed by atoms with Crippen molar-refractivity contribution in [2.45, 2.75) is 12.3 Å². The van der Waals surface area contributed by atoms with Crippen molar-refractivity contribution in [3.8, 4) is 33.9 Å². The fourth-order valence-corrected chi connectivity index (χ4v) is 4.05. The number of allylic oxidation sites excluding steroid dienone is 1. The van der Waals surface area contributed by atoms with Gasteiger partial charge < -0.3 is 10.2 Å². The normalized spacial score (nSPS) is 19.4. The van der Waals surface area contributed by atoms with Gasteiger partial charge in [0.25, 0.3) is 0 Å². The van der Waals surface area contributed by atoms with Crippen LogP contribution in [0.3, 0.4) is 0 Å². The number of aromatic nitrogens is 2. The largest absolute Gasteiger partial charge is 0.508 e. The molecule has 0 saturated carbocycles. The minimum Gasteiger partial charge on any atom is -0.508 e. The Morgan fingerprint density at radius 2 is 1.80 bits per heavy atom. The Balaban J connectivity index is 1.73. The van der Waals surface area contributed by atoms with Crippen LogP contribution in [0.4, 0.5) is 0 Å². The van der Waals surface area contributed by atoms with Crippen molar-refractivity contribution in [1.29, 1.82) is 0 Å². The SMILES string of the molecule is CC1(c2cc(-c3cc(-c4ccc(O)cc4)ccc3O)n[nH]2)C=CSC1. The summed E-state index contributed by atoms with van der Waals surface area (Å²) < 4.78 is 0. The number of nitrogens with one attached hydrogen (secondary N) is 1. The predicted octanol–water partition coefficient (Wildman–Crippen LogP) is 4.67. The Kier molecular flexibility index (Phi) is 3.81. The average Bonchev–Trinajstić information content (AvgIpc) is 3.26. The quantitative estimate of drug-likeness (QED) is 0.642. The molecule has 0 saturated heterocycles. The molecule has 4 nitrogen and oxygen atoms in total. The number of hydrogen-bond acceptors (Lipinski definition) is 4. The number of nitrogens with zero attached hydrogens (tertiary/aromatic N) is 1. The first-order valence-electron chi connectivity index (χ1n) is 8.03. The number of hydrogen-bond donors (Lipinski definition) is 3. The second kappa shape index (κ2) is 6.01. The summed E-state index contributed by atoms with van der Waals surface area (Å²) in [5, 5.41) is 29.4. The van der Waals surface area contributed by atoms with Gasteiger partial charge in [-0.15, -0.1) is 11.8 Å². The summed E-state index contributed by atoms with van der Waals surface area (Å²) in [5.41, 5.74) is 4.32. The van der Waals surface area contributed by atoms with Crippen molar-refractivity contribution in [3.63, 3.8) is 0 Å². The van der Waals surface area contributed by atoms with E-state index < -0.39 is 0 Å². The highest BCUT2D eigenvalue weighted by molar-refractivity contribution is 8.02. The molecule has 5 heteroatoms. The van der Waals surface area contributed by atoms with Gasteiger partial charge in [-0.2, -0.15) is 5.10 Å². The monoisotopic (exact) mass is 350 g/mol. The van der Waals surface area contributed by atoms with E-state index in [1.165, 1.54) is 0 Å². The summed E-state index contributed by atoms with van der Waals surface area (Å²) in [6.07, 6.45) is 2.18. The number of phenols is 2. The number of H-pyrrole nitrogens is 1. The molecule has 1 atom stereocenters. The number of aromatic amines is 1. The third-order valence-electron chi connectivity index (χ3n) is 4.58. The van der Waals surface area contributed by atoms with Crippen LogP contribution >= 0.6 is 11.8 Å². The maximum atomic E-state index is 10.3. The summed E-state index contributed by atoms with van der Waals surface area (Å²) in [5.74, 6) is 1.41. The zero-order chi connectivity index (χ0) is 17.4. The lowest BCUT2D eigenvalue weighted by Gasteiger charge is -2.18. The Labute approximate surface area is 150 Å². The van der Waals surface area contributed by atoms with Gasteiger partial charge in [0, 0.05) is 22.4 Å². The van der Waals surface area contributed by atoms with Crippen LogP contribution in [0, 0.1) is 0 Å². The van der Waals surface area contributed by atoms with Gasteiger partial charge in [-0.1, -0.05) is 24.3 Å². The lowest BCUT2D eigenvalue weighted by atomic mass is 9.89. The van der Waals surface area contributed by atoms with Crippen molar-refractivity contribution in [3.05, 3.63) is 65.7 Å². The number of thioether (sulfide) groups is 1. The highest BCUT2D eigenvalue weighted by Gasteiger charge is 2.29. The second-order valence-corrected chi connectivity index (χ2v) is 7.37. The maximum absolute atomic E-state index is 10.3. The van der Waals surface area contributed by atoms with Gasteiger partial charge >= 0.3 is 0 Å². The summed E-state index contributed by atoms with van der Waals surface area (Å²) in [6, 6.07) is 14.5. The van der Waals surface area contributed by atoms with E-state index in [1.807, 2.05) is 30.3 Å². The van der Waals surface area contributed by atoms with E-state index in [0.717, 1.165) is 28.3 Å². The lowest BCUT2D eigenvalue weighted by Crippen LogP contribution is -2.19.